The Labute approximate surface area is 125 Å². The summed E-state index contributed by atoms with van der Waals surface area (Å²) in [6, 6.07) is 5.46. The topological polar surface area (TPSA) is 15.3 Å². The molecule has 1 aromatic carbocycles. The molecular weight excluding hydrogens is 277 g/mol. The van der Waals surface area contributed by atoms with Crippen molar-refractivity contribution < 1.29 is 13.2 Å². The van der Waals surface area contributed by atoms with Crippen LogP contribution in [0.2, 0.25) is 0 Å². The Morgan fingerprint density at radius 3 is 2.14 bits per heavy atom. The van der Waals surface area contributed by atoms with E-state index in [9.17, 15) is 13.2 Å². The Kier molecular flexibility index (Phi) is 7.02. The van der Waals surface area contributed by atoms with E-state index in [0.717, 1.165) is 50.3 Å². The van der Waals surface area contributed by atoms with Gasteiger partial charge in [-0.2, -0.15) is 13.2 Å². The lowest BCUT2D eigenvalue weighted by Crippen LogP contribution is -2.25. The Bertz CT molecular complexity index is 397. The third-order valence-corrected chi connectivity index (χ3v) is 3.63. The van der Waals surface area contributed by atoms with Gasteiger partial charge < -0.3 is 10.2 Å². The number of nitrogens with zero attached hydrogens (tertiary/aromatic N) is 1. The maximum atomic E-state index is 12.5. The molecule has 0 bridgehead atoms. The summed E-state index contributed by atoms with van der Waals surface area (Å²) in [6.07, 6.45) is -2.19. The SMILES string of the molecule is CCN(CC)CCCC(C)Nc1ccc(C(F)(F)F)cc1. The molecule has 21 heavy (non-hydrogen) atoms. The molecule has 1 atom stereocenters. The van der Waals surface area contributed by atoms with Crippen molar-refractivity contribution in [2.45, 2.75) is 45.8 Å². The van der Waals surface area contributed by atoms with Gasteiger partial charge in [-0.3, -0.25) is 0 Å². The zero-order valence-electron chi connectivity index (χ0n) is 13.0. The van der Waals surface area contributed by atoms with Gasteiger partial charge in [-0.1, -0.05) is 13.8 Å². The van der Waals surface area contributed by atoms with Gasteiger partial charge in [0.1, 0.15) is 0 Å². The number of halogens is 3. The fourth-order valence-electron chi connectivity index (χ4n) is 2.27. The molecule has 1 N–H and O–H groups in total. The summed E-state index contributed by atoms with van der Waals surface area (Å²) in [4.78, 5) is 2.37. The van der Waals surface area contributed by atoms with Crippen molar-refractivity contribution in [3.8, 4) is 0 Å². The lowest BCUT2D eigenvalue weighted by molar-refractivity contribution is -0.137. The number of anilines is 1. The van der Waals surface area contributed by atoms with Gasteiger partial charge >= 0.3 is 6.18 Å². The van der Waals surface area contributed by atoms with Crippen LogP contribution < -0.4 is 5.32 Å². The number of benzene rings is 1. The van der Waals surface area contributed by atoms with Gasteiger partial charge in [0.25, 0.3) is 0 Å². The Balaban J connectivity index is 2.39. The van der Waals surface area contributed by atoms with Crippen LogP contribution in [0.25, 0.3) is 0 Å². The van der Waals surface area contributed by atoms with Gasteiger partial charge in [0.15, 0.2) is 0 Å². The summed E-state index contributed by atoms with van der Waals surface area (Å²) < 4.78 is 37.4. The van der Waals surface area contributed by atoms with Gasteiger partial charge in [0.05, 0.1) is 5.56 Å². The molecule has 2 nitrogen and oxygen atoms in total. The van der Waals surface area contributed by atoms with Gasteiger partial charge in [0, 0.05) is 11.7 Å². The number of alkyl halides is 3. The van der Waals surface area contributed by atoms with Gasteiger partial charge in [-0.25, -0.2) is 0 Å². The molecule has 0 fully saturated rings. The van der Waals surface area contributed by atoms with Crippen molar-refractivity contribution in [1.29, 1.82) is 0 Å². The summed E-state index contributed by atoms with van der Waals surface area (Å²) in [5.41, 5.74) is 0.126. The molecule has 0 amide bonds. The van der Waals surface area contributed by atoms with Crippen molar-refractivity contribution in [1.82, 2.24) is 4.90 Å². The highest BCUT2D eigenvalue weighted by Gasteiger charge is 2.29. The second kappa shape index (κ2) is 8.27. The minimum absolute atomic E-state index is 0.247. The molecule has 0 saturated carbocycles. The van der Waals surface area contributed by atoms with E-state index in [4.69, 9.17) is 0 Å². The van der Waals surface area contributed by atoms with Crippen LogP contribution in [0, 0.1) is 0 Å². The molecular formula is C16H25F3N2. The first-order valence-corrected chi connectivity index (χ1v) is 7.53. The first-order valence-electron chi connectivity index (χ1n) is 7.53. The van der Waals surface area contributed by atoms with Crippen LogP contribution in [0.4, 0.5) is 18.9 Å². The predicted octanol–water partition coefficient (Wildman–Crippen LogP) is 4.63. The van der Waals surface area contributed by atoms with E-state index in [0.29, 0.717) is 0 Å². The van der Waals surface area contributed by atoms with Crippen LogP contribution in [0.15, 0.2) is 24.3 Å². The number of hydrogen-bond acceptors (Lipinski definition) is 2. The maximum absolute atomic E-state index is 12.5. The van der Waals surface area contributed by atoms with E-state index < -0.39 is 11.7 Å². The van der Waals surface area contributed by atoms with Crippen LogP contribution in [0.5, 0.6) is 0 Å². The third-order valence-electron chi connectivity index (χ3n) is 3.63. The molecule has 120 valence electrons. The first kappa shape index (κ1) is 17.8. The Morgan fingerprint density at radius 1 is 1.10 bits per heavy atom. The average Bonchev–Trinajstić information content (AvgIpc) is 2.43. The summed E-state index contributed by atoms with van der Waals surface area (Å²) in [5, 5.41) is 3.24. The van der Waals surface area contributed by atoms with E-state index in [1.165, 1.54) is 12.1 Å². The van der Waals surface area contributed by atoms with Crippen molar-refractivity contribution in [2.24, 2.45) is 0 Å². The van der Waals surface area contributed by atoms with Crippen molar-refractivity contribution in [3.05, 3.63) is 29.8 Å². The summed E-state index contributed by atoms with van der Waals surface area (Å²) in [5.74, 6) is 0. The fraction of sp³-hybridized carbons (Fsp3) is 0.625. The van der Waals surface area contributed by atoms with Crippen LogP contribution in [0.1, 0.15) is 39.2 Å². The highest BCUT2D eigenvalue weighted by atomic mass is 19.4. The van der Waals surface area contributed by atoms with Crippen LogP contribution in [-0.4, -0.2) is 30.6 Å². The largest absolute Gasteiger partial charge is 0.416 e. The van der Waals surface area contributed by atoms with Crippen molar-refractivity contribution in [3.63, 3.8) is 0 Å². The third kappa shape index (κ3) is 6.38. The summed E-state index contributed by atoms with van der Waals surface area (Å²) in [6.45, 7) is 9.52. The molecule has 0 radical (unpaired) electrons. The van der Waals surface area contributed by atoms with Crippen molar-refractivity contribution in [2.75, 3.05) is 25.0 Å². The number of hydrogen-bond donors (Lipinski definition) is 1. The quantitative estimate of drug-likeness (QED) is 0.753. The summed E-state index contributed by atoms with van der Waals surface area (Å²) in [7, 11) is 0. The molecule has 0 aliphatic rings. The standard InChI is InChI=1S/C16H25F3N2/c1-4-21(5-2)12-6-7-13(3)20-15-10-8-14(9-11-15)16(17,18)19/h8-11,13,20H,4-7,12H2,1-3H3. The molecule has 1 unspecified atom stereocenters. The average molecular weight is 302 g/mol. The Morgan fingerprint density at radius 2 is 1.67 bits per heavy atom. The van der Waals surface area contributed by atoms with Crippen LogP contribution in [0.3, 0.4) is 0 Å². The lowest BCUT2D eigenvalue weighted by atomic mass is 10.1. The lowest BCUT2D eigenvalue weighted by Gasteiger charge is -2.20. The van der Waals surface area contributed by atoms with Gasteiger partial charge in [-0.15, -0.1) is 0 Å². The molecule has 0 heterocycles. The number of rotatable bonds is 8. The molecule has 0 spiro atoms. The maximum Gasteiger partial charge on any atom is 0.416 e. The minimum Gasteiger partial charge on any atom is -0.383 e. The summed E-state index contributed by atoms with van der Waals surface area (Å²) >= 11 is 0. The monoisotopic (exact) mass is 302 g/mol. The molecule has 0 aromatic heterocycles. The molecule has 0 aliphatic carbocycles. The molecule has 0 aliphatic heterocycles. The predicted molar refractivity (Wildman–Crippen MR) is 81.6 cm³/mol. The van der Waals surface area contributed by atoms with E-state index in [1.807, 2.05) is 0 Å². The first-order chi connectivity index (χ1) is 9.86. The highest BCUT2D eigenvalue weighted by Crippen LogP contribution is 2.29. The minimum atomic E-state index is -4.27. The smallest absolute Gasteiger partial charge is 0.383 e. The van der Waals surface area contributed by atoms with Gasteiger partial charge in [-0.05, 0) is 63.7 Å². The second-order valence-corrected chi connectivity index (χ2v) is 5.29. The van der Waals surface area contributed by atoms with Crippen molar-refractivity contribution >= 4 is 5.69 Å². The van der Waals surface area contributed by atoms with E-state index >= 15 is 0 Å². The van der Waals surface area contributed by atoms with Gasteiger partial charge in [0.2, 0.25) is 0 Å². The molecule has 1 aromatic rings. The zero-order chi connectivity index (χ0) is 15.9. The zero-order valence-corrected chi connectivity index (χ0v) is 13.0. The van der Waals surface area contributed by atoms with Crippen LogP contribution >= 0.6 is 0 Å². The van der Waals surface area contributed by atoms with E-state index in [2.05, 4.69) is 31.0 Å². The molecule has 0 saturated heterocycles. The van der Waals surface area contributed by atoms with Crippen LogP contribution in [-0.2, 0) is 6.18 Å². The normalized spacial score (nSPS) is 13.5. The van der Waals surface area contributed by atoms with E-state index in [1.54, 1.807) is 0 Å². The Hall–Kier alpha value is -1.23. The fourth-order valence-corrected chi connectivity index (χ4v) is 2.27. The highest BCUT2D eigenvalue weighted by molar-refractivity contribution is 5.45. The molecule has 5 heteroatoms. The molecule has 1 rings (SSSR count). The van der Waals surface area contributed by atoms with E-state index in [-0.39, 0.29) is 6.04 Å². The second-order valence-electron chi connectivity index (χ2n) is 5.29. The number of nitrogens with one attached hydrogen (secondary N) is 1.